The fraction of sp³-hybridized carbons (Fsp3) is 0.600. The summed E-state index contributed by atoms with van der Waals surface area (Å²) in [7, 11) is 0. The van der Waals surface area contributed by atoms with Gasteiger partial charge in [-0.1, -0.05) is 19.3 Å². The molecule has 21 heavy (non-hydrogen) atoms. The van der Waals surface area contributed by atoms with E-state index in [-0.39, 0.29) is 17.7 Å². The highest BCUT2D eigenvalue weighted by Crippen LogP contribution is 2.42. The highest BCUT2D eigenvalue weighted by molar-refractivity contribution is 9.10. The second-order valence-electron chi connectivity index (χ2n) is 5.82. The molecule has 116 valence electrons. The zero-order valence-electron chi connectivity index (χ0n) is 11.9. The van der Waals surface area contributed by atoms with Crippen LogP contribution in [0.25, 0.3) is 0 Å². The number of carbonyl (C=O) groups excluding carboxylic acids is 1. The number of thiophene rings is 1. The molecule has 1 heterocycles. The molecule has 0 radical (unpaired) electrons. The Morgan fingerprint density at radius 1 is 1.29 bits per heavy atom. The van der Waals surface area contributed by atoms with Gasteiger partial charge < -0.3 is 10.4 Å². The van der Waals surface area contributed by atoms with Crippen LogP contribution in [0.1, 0.15) is 49.8 Å². The Labute approximate surface area is 137 Å². The summed E-state index contributed by atoms with van der Waals surface area (Å²) in [6.07, 6.45) is 5.31. The number of hydrogen-bond acceptors (Lipinski definition) is 3. The molecule has 0 atom stereocenters. The summed E-state index contributed by atoms with van der Waals surface area (Å²) in [6.45, 7) is 0.512. The fourth-order valence-electron chi connectivity index (χ4n) is 3.07. The predicted octanol–water partition coefficient (Wildman–Crippen LogP) is 3.94. The van der Waals surface area contributed by atoms with E-state index in [4.69, 9.17) is 5.11 Å². The summed E-state index contributed by atoms with van der Waals surface area (Å²) in [4.78, 5) is 24.4. The standard InChI is InChI=1S/C15H20BrNO3S/c16-11-6-12(21-10-11)9-17-13(18)7-15(8-14(19)20)4-2-1-3-5-15/h6,10H,1-5,7-9H2,(H,17,18)(H,19,20). The van der Waals surface area contributed by atoms with Gasteiger partial charge in [-0.25, -0.2) is 0 Å². The molecule has 0 aliphatic heterocycles. The Bertz CT molecular complexity index is 509. The molecule has 1 saturated carbocycles. The van der Waals surface area contributed by atoms with Gasteiger partial charge in [-0.05, 0) is 40.3 Å². The Morgan fingerprint density at radius 2 is 2.00 bits per heavy atom. The Morgan fingerprint density at radius 3 is 2.57 bits per heavy atom. The first-order chi connectivity index (χ1) is 9.99. The third-order valence-corrected chi connectivity index (χ3v) is 5.76. The maximum absolute atomic E-state index is 12.2. The van der Waals surface area contributed by atoms with Crippen molar-refractivity contribution < 1.29 is 14.7 Å². The number of nitrogens with one attached hydrogen (secondary N) is 1. The van der Waals surface area contributed by atoms with E-state index in [2.05, 4.69) is 21.2 Å². The lowest BCUT2D eigenvalue weighted by molar-refractivity contribution is -0.141. The first-order valence-electron chi connectivity index (χ1n) is 7.21. The largest absolute Gasteiger partial charge is 0.481 e. The van der Waals surface area contributed by atoms with Gasteiger partial charge in [-0.2, -0.15) is 0 Å². The van der Waals surface area contributed by atoms with Crippen molar-refractivity contribution in [1.29, 1.82) is 0 Å². The van der Waals surface area contributed by atoms with Crippen LogP contribution in [0.4, 0.5) is 0 Å². The van der Waals surface area contributed by atoms with Crippen LogP contribution in [0.2, 0.25) is 0 Å². The van der Waals surface area contributed by atoms with Crippen molar-refractivity contribution in [2.24, 2.45) is 5.41 Å². The fourth-order valence-corrected chi connectivity index (χ4v) is 4.46. The average Bonchev–Trinajstić information content (AvgIpc) is 2.82. The number of carboxylic acids is 1. The normalized spacial score (nSPS) is 17.4. The monoisotopic (exact) mass is 373 g/mol. The number of halogens is 1. The zero-order chi connectivity index (χ0) is 15.3. The molecular weight excluding hydrogens is 354 g/mol. The molecule has 1 aliphatic rings. The van der Waals surface area contributed by atoms with Crippen molar-refractivity contribution >= 4 is 39.1 Å². The minimum atomic E-state index is -0.799. The number of carboxylic acid groups (broad SMARTS) is 1. The quantitative estimate of drug-likeness (QED) is 0.793. The molecule has 4 nitrogen and oxygen atoms in total. The summed E-state index contributed by atoms with van der Waals surface area (Å²) in [6, 6.07) is 1.98. The van der Waals surface area contributed by atoms with Gasteiger partial charge in [0.05, 0.1) is 13.0 Å². The topological polar surface area (TPSA) is 66.4 Å². The molecule has 1 aromatic rings. The minimum Gasteiger partial charge on any atom is -0.481 e. The molecule has 1 amide bonds. The van der Waals surface area contributed by atoms with E-state index in [1.807, 2.05) is 11.4 Å². The Balaban J connectivity index is 1.89. The van der Waals surface area contributed by atoms with Crippen molar-refractivity contribution in [2.75, 3.05) is 0 Å². The van der Waals surface area contributed by atoms with E-state index in [1.165, 1.54) is 0 Å². The van der Waals surface area contributed by atoms with Crippen LogP contribution >= 0.6 is 27.3 Å². The number of carbonyl (C=O) groups is 2. The molecule has 0 bridgehead atoms. The van der Waals surface area contributed by atoms with Gasteiger partial charge in [0.15, 0.2) is 0 Å². The van der Waals surface area contributed by atoms with E-state index in [0.29, 0.717) is 13.0 Å². The van der Waals surface area contributed by atoms with Gasteiger partial charge in [-0.15, -0.1) is 11.3 Å². The van der Waals surface area contributed by atoms with Crippen molar-refractivity contribution in [1.82, 2.24) is 5.32 Å². The highest BCUT2D eigenvalue weighted by atomic mass is 79.9. The molecule has 0 aromatic carbocycles. The number of hydrogen-bond donors (Lipinski definition) is 2. The zero-order valence-corrected chi connectivity index (χ0v) is 14.3. The molecule has 1 fully saturated rings. The van der Waals surface area contributed by atoms with Crippen LogP contribution in [0.15, 0.2) is 15.9 Å². The molecule has 0 spiro atoms. The van der Waals surface area contributed by atoms with E-state index in [1.54, 1.807) is 11.3 Å². The Kier molecular flexibility index (Phi) is 5.81. The van der Waals surface area contributed by atoms with Gasteiger partial charge in [0.1, 0.15) is 0 Å². The van der Waals surface area contributed by atoms with Gasteiger partial charge in [0.25, 0.3) is 0 Å². The number of amides is 1. The van der Waals surface area contributed by atoms with Crippen LogP contribution in [0.5, 0.6) is 0 Å². The molecule has 0 unspecified atom stereocenters. The molecule has 1 aromatic heterocycles. The van der Waals surface area contributed by atoms with E-state index in [9.17, 15) is 9.59 Å². The first-order valence-corrected chi connectivity index (χ1v) is 8.88. The minimum absolute atomic E-state index is 0.0392. The number of aliphatic carboxylic acids is 1. The first kappa shape index (κ1) is 16.5. The molecule has 2 N–H and O–H groups in total. The van der Waals surface area contributed by atoms with Crippen LogP contribution in [0.3, 0.4) is 0 Å². The van der Waals surface area contributed by atoms with E-state index >= 15 is 0 Å². The summed E-state index contributed by atoms with van der Waals surface area (Å²) in [5, 5.41) is 14.0. The van der Waals surface area contributed by atoms with Crippen molar-refractivity contribution in [2.45, 2.75) is 51.5 Å². The maximum Gasteiger partial charge on any atom is 0.303 e. The van der Waals surface area contributed by atoms with E-state index in [0.717, 1.165) is 41.5 Å². The summed E-state index contributed by atoms with van der Waals surface area (Å²) in [5.74, 6) is -0.838. The smallest absolute Gasteiger partial charge is 0.303 e. The third kappa shape index (κ3) is 5.11. The molecular formula is C15H20BrNO3S. The van der Waals surface area contributed by atoms with E-state index < -0.39 is 5.97 Å². The summed E-state index contributed by atoms with van der Waals surface area (Å²) in [5.41, 5.74) is -0.343. The molecule has 6 heteroatoms. The highest BCUT2D eigenvalue weighted by Gasteiger charge is 2.36. The average molecular weight is 374 g/mol. The summed E-state index contributed by atoms with van der Waals surface area (Å²) < 4.78 is 1.02. The predicted molar refractivity (Wildman–Crippen MR) is 86.3 cm³/mol. The lowest BCUT2D eigenvalue weighted by Crippen LogP contribution is -2.34. The second-order valence-corrected chi connectivity index (χ2v) is 7.73. The molecule has 0 saturated heterocycles. The van der Waals surface area contributed by atoms with Gasteiger partial charge in [-0.3, -0.25) is 9.59 Å². The molecule has 2 rings (SSSR count). The lowest BCUT2D eigenvalue weighted by Gasteiger charge is -2.35. The van der Waals surface area contributed by atoms with Crippen LogP contribution in [-0.2, 0) is 16.1 Å². The second kappa shape index (κ2) is 7.40. The molecule has 1 aliphatic carbocycles. The maximum atomic E-state index is 12.2. The summed E-state index contributed by atoms with van der Waals surface area (Å²) >= 11 is 4.98. The lowest BCUT2D eigenvalue weighted by atomic mass is 9.69. The van der Waals surface area contributed by atoms with Crippen LogP contribution in [0, 0.1) is 5.41 Å². The Hall–Kier alpha value is -0.880. The van der Waals surface area contributed by atoms with Crippen molar-refractivity contribution in [3.05, 3.63) is 20.8 Å². The van der Waals surface area contributed by atoms with Crippen molar-refractivity contribution in [3.63, 3.8) is 0 Å². The van der Waals surface area contributed by atoms with Crippen molar-refractivity contribution in [3.8, 4) is 0 Å². The van der Waals surface area contributed by atoms with Crippen LogP contribution in [-0.4, -0.2) is 17.0 Å². The van der Waals surface area contributed by atoms with Gasteiger partial charge in [0.2, 0.25) is 5.91 Å². The third-order valence-electron chi connectivity index (χ3n) is 4.06. The number of rotatable bonds is 6. The van der Waals surface area contributed by atoms with Crippen LogP contribution < -0.4 is 5.32 Å². The van der Waals surface area contributed by atoms with Gasteiger partial charge >= 0.3 is 5.97 Å². The SMILES string of the molecule is O=C(O)CC1(CC(=O)NCc2cc(Br)cs2)CCCCC1. The van der Waals surface area contributed by atoms with Gasteiger partial charge in [0, 0.05) is 21.2 Å².